The van der Waals surface area contributed by atoms with E-state index in [0.29, 0.717) is 0 Å². The van der Waals surface area contributed by atoms with E-state index in [1.54, 1.807) is 0 Å². The summed E-state index contributed by atoms with van der Waals surface area (Å²) in [7, 11) is -4.37. The normalized spacial score (nSPS) is 16.2. The van der Waals surface area contributed by atoms with E-state index in [0.717, 1.165) is 6.92 Å². The van der Waals surface area contributed by atoms with Crippen LogP contribution in [0.4, 0.5) is 0 Å². The highest BCUT2D eigenvalue weighted by Gasteiger charge is 2.24. The number of hydrogen-bond donors (Lipinski definition) is 2. The lowest BCUT2D eigenvalue weighted by molar-refractivity contribution is -0.110. The Morgan fingerprint density at radius 2 is 2.11 bits per heavy atom. The molecular formula is C4H11NO3S. The first-order valence-electron chi connectivity index (χ1n) is 2.49. The van der Waals surface area contributed by atoms with Crippen LogP contribution < -0.4 is 5.14 Å². The molecule has 0 aromatic rings. The van der Waals surface area contributed by atoms with Crippen molar-refractivity contribution in [2.24, 2.45) is 5.14 Å². The maximum Gasteiger partial charge on any atom is 0.244 e. The molecule has 0 saturated carbocycles. The van der Waals surface area contributed by atoms with Gasteiger partial charge in [0.1, 0.15) is 0 Å². The van der Waals surface area contributed by atoms with Gasteiger partial charge in [0.15, 0.2) is 0 Å². The van der Waals surface area contributed by atoms with Crippen molar-refractivity contribution in [1.29, 1.82) is 0 Å². The molecule has 0 aliphatic heterocycles. The molecule has 0 spiro atoms. The highest BCUT2D eigenvalue weighted by molar-refractivity contribution is 8.25. The molecule has 0 bridgehead atoms. The highest BCUT2D eigenvalue weighted by Crippen LogP contribution is 2.11. The summed E-state index contributed by atoms with van der Waals surface area (Å²) in [6.07, 6.45) is 0. The second kappa shape index (κ2) is 1.86. The zero-order valence-corrected chi connectivity index (χ0v) is 6.27. The van der Waals surface area contributed by atoms with Crippen molar-refractivity contribution in [2.45, 2.75) is 13.8 Å². The Bertz CT molecular complexity index is 192. The van der Waals surface area contributed by atoms with Crippen LogP contribution in [-0.2, 0) is 14.3 Å². The average molecular weight is 153 g/mol. The summed E-state index contributed by atoms with van der Waals surface area (Å²) in [6, 6.07) is 0. The molecule has 0 atom stereocenters. The molecule has 0 rings (SSSR count). The van der Waals surface area contributed by atoms with Crippen LogP contribution in [0, 0.1) is 0 Å². The molecule has 3 N–H and O–H groups in total. The number of rotatable bonds is 1. The van der Waals surface area contributed by atoms with E-state index >= 15 is 0 Å². The Hall–Kier alpha value is -0.260. The molecule has 0 amide bonds. The molecule has 56 valence electrons. The molecule has 9 heavy (non-hydrogen) atoms. The Labute approximate surface area is 53.8 Å². The van der Waals surface area contributed by atoms with Gasteiger partial charge in [-0.1, -0.05) is 9.53 Å². The van der Waals surface area contributed by atoms with Gasteiger partial charge in [0, 0.05) is 6.92 Å². The predicted molar refractivity (Wildman–Crippen MR) is 36.2 cm³/mol. The minimum atomic E-state index is -4.37. The van der Waals surface area contributed by atoms with E-state index in [4.69, 9.17) is 9.69 Å². The predicted octanol–water partition coefficient (Wildman–Crippen LogP) is -0.280. The summed E-state index contributed by atoms with van der Waals surface area (Å²) >= 11 is 0. The summed E-state index contributed by atoms with van der Waals surface area (Å²) in [6.45, 7) is 2.41. The van der Waals surface area contributed by atoms with Gasteiger partial charge in [0.25, 0.3) is 0 Å². The van der Waals surface area contributed by atoms with Crippen molar-refractivity contribution in [1.82, 2.24) is 0 Å². The lowest BCUT2D eigenvalue weighted by Crippen LogP contribution is -2.50. The maximum absolute atomic E-state index is 10.8. The van der Waals surface area contributed by atoms with E-state index in [9.17, 15) is 9.00 Å². The van der Waals surface area contributed by atoms with E-state index in [-0.39, 0.29) is 5.75 Å². The third-order valence-electron chi connectivity index (χ3n) is 1.17. The lowest BCUT2D eigenvalue weighted by atomic mass is 10.9. The van der Waals surface area contributed by atoms with Crippen molar-refractivity contribution >= 4 is 14.6 Å². The Morgan fingerprint density at radius 1 is 1.78 bits per heavy atom. The number of carbonyl (C=O) groups is 1. The summed E-state index contributed by atoms with van der Waals surface area (Å²) < 4.78 is 19.7. The van der Waals surface area contributed by atoms with Crippen molar-refractivity contribution in [3.8, 4) is 0 Å². The van der Waals surface area contributed by atoms with Gasteiger partial charge in [0.05, 0.1) is 5.75 Å². The summed E-state index contributed by atoms with van der Waals surface area (Å²) in [5, 5.41) is 4.01. The van der Waals surface area contributed by atoms with Crippen LogP contribution in [0.15, 0.2) is 0 Å². The van der Waals surface area contributed by atoms with Gasteiger partial charge >= 0.3 is 0 Å². The van der Waals surface area contributed by atoms with Crippen LogP contribution in [-0.4, -0.2) is 19.6 Å². The monoisotopic (exact) mass is 153 g/mol. The van der Waals surface area contributed by atoms with Crippen LogP contribution in [0.25, 0.3) is 0 Å². The molecule has 0 fully saturated rings. The van der Waals surface area contributed by atoms with Crippen molar-refractivity contribution in [3.05, 3.63) is 0 Å². The van der Waals surface area contributed by atoms with Gasteiger partial charge in [-0.3, -0.25) is 9.35 Å². The standard InChI is InChI=1S/C4H11NO3S/c1-3-9(5,7,8)4(2)6/h3H2,1-2H3,(H3,5,7,8). The zero-order valence-electron chi connectivity index (χ0n) is 5.46. The van der Waals surface area contributed by atoms with Crippen LogP contribution in [0.1, 0.15) is 13.8 Å². The largest absolute Gasteiger partial charge is 0.284 e. The Balaban J connectivity index is 4.75. The fraction of sp³-hybridized carbons (Fsp3) is 0.750. The second-order valence-corrected chi connectivity index (χ2v) is 5.31. The van der Waals surface area contributed by atoms with E-state index in [1.807, 2.05) is 0 Å². The summed E-state index contributed by atoms with van der Waals surface area (Å²) in [4.78, 5) is 10.4. The number of nitrogens with two attached hydrogens (primary N) is 1. The molecule has 0 aromatic carbocycles. The number of carbonyl (C=O) groups excluding carboxylic acids is 1. The van der Waals surface area contributed by atoms with Gasteiger partial charge in [0.2, 0.25) is 5.12 Å². The summed E-state index contributed by atoms with van der Waals surface area (Å²) in [5.74, 6) is -0.216. The maximum atomic E-state index is 10.8. The molecule has 0 aliphatic rings. The Kier molecular flexibility index (Phi) is 1.81. The topological polar surface area (TPSA) is 80.4 Å². The fourth-order valence-corrected chi connectivity index (χ4v) is 0.610. The smallest absolute Gasteiger partial charge is 0.244 e. The quantitative estimate of drug-likeness (QED) is 0.543. The molecule has 5 heteroatoms. The highest BCUT2D eigenvalue weighted by atomic mass is 32.3. The minimum Gasteiger partial charge on any atom is -0.284 e. The van der Waals surface area contributed by atoms with Crippen LogP contribution >= 0.6 is 0 Å². The van der Waals surface area contributed by atoms with Crippen molar-refractivity contribution in [3.63, 3.8) is 0 Å². The lowest BCUT2D eigenvalue weighted by Gasteiger charge is -2.33. The van der Waals surface area contributed by atoms with Crippen molar-refractivity contribution < 1.29 is 13.6 Å². The van der Waals surface area contributed by atoms with Crippen LogP contribution in [0.3, 0.4) is 0 Å². The second-order valence-electron chi connectivity index (χ2n) is 1.91. The van der Waals surface area contributed by atoms with Gasteiger partial charge in [-0.2, -0.15) is 4.21 Å². The van der Waals surface area contributed by atoms with Gasteiger partial charge in [-0.25, -0.2) is 5.14 Å². The first-order chi connectivity index (χ1) is 3.78. The van der Waals surface area contributed by atoms with Crippen molar-refractivity contribution in [2.75, 3.05) is 5.75 Å². The molecule has 4 nitrogen and oxygen atoms in total. The average Bonchev–Trinajstić information content (AvgIpc) is 1.66. The van der Waals surface area contributed by atoms with Crippen LogP contribution in [0.2, 0.25) is 0 Å². The van der Waals surface area contributed by atoms with Gasteiger partial charge in [-0.15, -0.1) is 0 Å². The molecule has 0 heterocycles. The van der Waals surface area contributed by atoms with Gasteiger partial charge in [-0.05, 0) is 6.92 Å². The van der Waals surface area contributed by atoms with Gasteiger partial charge < -0.3 is 0 Å². The third-order valence-corrected chi connectivity index (χ3v) is 3.52. The fourth-order valence-electron chi connectivity index (χ4n) is 0.203. The first-order valence-corrected chi connectivity index (χ1v) is 4.64. The zero-order chi connectivity index (χ0) is 7.73. The number of hydrogen-bond acceptors (Lipinski definition) is 2. The van der Waals surface area contributed by atoms with E-state index < -0.39 is 14.6 Å². The Morgan fingerprint density at radius 3 is 2.11 bits per heavy atom. The summed E-state index contributed by atoms with van der Waals surface area (Å²) in [5.41, 5.74) is 0. The molecular weight excluding hydrogens is 142 g/mol. The van der Waals surface area contributed by atoms with E-state index in [2.05, 4.69) is 0 Å². The first kappa shape index (κ1) is 8.74. The SMILES string of the molecule is CCS(N)(=O)(O)C(C)=O. The molecule has 0 aromatic heterocycles. The molecule has 0 radical (unpaired) electrons. The third kappa shape index (κ3) is 1.85. The van der Waals surface area contributed by atoms with Crippen LogP contribution in [0.5, 0.6) is 0 Å². The molecule has 0 saturated heterocycles. The molecule has 0 unspecified atom stereocenters. The molecule has 0 aliphatic carbocycles. The van der Waals surface area contributed by atoms with E-state index in [1.165, 1.54) is 6.92 Å². The minimum absolute atomic E-state index is 0.216.